The first-order chi connectivity index (χ1) is 8.66. The SMILES string of the molecule is CC1CCCN(C(N)=NCCNC(=O)C2CC2)C1.I. The minimum atomic E-state index is 0. The molecular weight excluding hydrogens is 355 g/mol. The zero-order valence-corrected chi connectivity index (χ0v) is 13.9. The van der Waals surface area contributed by atoms with Gasteiger partial charge in [-0.3, -0.25) is 9.79 Å². The van der Waals surface area contributed by atoms with Crippen molar-refractivity contribution in [3.8, 4) is 0 Å². The highest BCUT2D eigenvalue weighted by molar-refractivity contribution is 14.0. The van der Waals surface area contributed by atoms with Gasteiger partial charge in [-0.15, -0.1) is 24.0 Å². The van der Waals surface area contributed by atoms with Crippen LogP contribution in [-0.2, 0) is 4.79 Å². The smallest absolute Gasteiger partial charge is 0.223 e. The van der Waals surface area contributed by atoms with Gasteiger partial charge in [0.15, 0.2) is 5.96 Å². The van der Waals surface area contributed by atoms with Gasteiger partial charge in [0.25, 0.3) is 0 Å². The Bertz CT molecular complexity index is 331. The highest BCUT2D eigenvalue weighted by Crippen LogP contribution is 2.28. The Kier molecular flexibility index (Phi) is 6.88. The van der Waals surface area contributed by atoms with Gasteiger partial charge >= 0.3 is 0 Å². The van der Waals surface area contributed by atoms with Gasteiger partial charge in [-0.2, -0.15) is 0 Å². The Morgan fingerprint density at radius 3 is 2.79 bits per heavy atom. The summed E-state index contributed by atoms with van der Waals surface area (Å²) in [5, 5.41) is 2.89. The quantitative estimate of drug-likeness (QED) is 0.333. The van der Waals surface area contributed by atoms with E-state index in [9.17, 15) is 4.79 Å². The topological polar surface area (TPSA) is 70.7 Å². The van der Waals surface area contributed by atoms with Gasteiger partial charge in [-0.25, -0.2) is 0 Å². The van der Waals surface area contributed by atoms with Crippen molar-refractivity contribution in [3.63, 3.8) is 0 Å². The minimum Gasteiger partial charge on any atom is -0.370 e. The molecular formula is C13H25IN4O. The summed E-state index contributed by atoms with van der Waals surface area (Å²) >= 11 is 0. The molecule has 6 heteroatoms. The van der Waals surface area contributed by atoms with Gasteiger partial charge in [-0.05, 0) is 31.6 Å². The maximum atomic E-state index is 11.4. The molecule has 2 fully saturated rings. The van der Waals surface area contributed by atoms with E-state index in [1.54, 1.807) is 0 Å². The summed E-state index contributed by atoms with van der Waals surface area (Å²) in [4.78, 5) is 17.9. The van der Waals surface area contributed by atoms with E-state index in [1.807, 2.05) is 0 Å². The van der Waals surface area contributed by atoms with Gasteiger partial charge in [0.1, 0.15) is 0 Å². The van der Waals surface area contributed by atoms with Crippen molar-refractivity contribution in [1.29, 1.82) is 0 Å². The molecule has 0 aromatic carbocycles. The number of nitrogens with one attached hydrogen (secondary N) is 1. The van der Waals surface area contributed by atoms with Crippen molar-refractivity contribution >= 4 is 35.8 Å². The monoisotopic (exact) mass is 380 g/mol. The molecule has 0 aromatic rings. The summed E-state index contributed by atoms with van der Waals surface area (Å²) in [6, 6.07) is 0. The number of amides is 1. The van der Waals surface area contributed by atoms with E-state index < -0.39 is 0 Å². The lowest BCUT2D eigenvalue weighted by Crippen LogP contribution is -2.43. The number of nitrogens with zero attached hydrogens (tertiary/aromatic N) is 2. The van der Waals surface area contributed by atoms with Gasteiger partial charge in [0.05, 0.1) is 6.54 Å². The highest BCUT2D eigenvalue weighted by Gasteiger charge is 2.28. The number of guanidine groups is 1. The van der Waals surface area contributed by atoms with E-state index in [2.05, 4.69) is 22.1 Å². The van der Waals surface area contributed by atoms with Crippen LogP contribution in [0.25, 0.3) is 0 Å². The molecule has 5 nitrogen and oxygen atoms in total. The molecule has 3 N–H and O–H groups in total. The molecule has 1 atom stereocenters. The standard InChI is InChI=1S/C13H24N4O.HI/c1-10-3-2-8-17(9-10)13(14)16-7-6-15-12(18)11-4-5-11;/h10-11H,2-9H2,1H3,(H2,14,16)(H,15,18);1H. The molecule has 1 saturated carbocycles. The maximum absolute atomic E-state index is 11.4. The lowest BCUT2D eigenvalue weighted by Gasteiger charge is -2.31. The van der Waals surface area contributed by atoms with Gasteiger partial charge in [0, 0.05) is 25.6 Å². The Hall–Kier alpha value is -0.530. The Labute approximate surface area is 132 Å². The van der Waals surface area contributed by atoms with E-state index in [-0.39, 0.29) is 35.8 Å². The van der Waals surface area contributed by atoms with E-state index in [1.165, 1.54) is 12.8 Å². The normalized spacial score (nSPS) is 23.7. The van der Waals surface area contributed by atoms with Crippen molar-refractivity contribution in [3.05, 3.63) is 0 Å². The molecule has 19 heavy (non-hydrogen) atoms. The predicted molar refractivity (Wildman–Crippen MR) is 87.6 cm³/mol. The zero-order chi connectivity index (χ0) is 13.0. The summed E-state index contributed by atoms with van der Waals surface area (Å²) in [7, 11) is 0. The fourth-order valence-corrected chi connectivity index (χ4v) is 2.34. The molecule has 1 unspecified atom stereocenters. The van der Waals surface area contributed by atoms with Crippen LogP contribution in [0, 0.1) is 11.8 Å². The first-order valence-corrected chi connectivity index (χ1v) is 6.99. The van der Waals surface area contributed by atoms with Gasteiger partial charge in [-0.1, -0.05) is 6.92 Å². The molecule has 0 bridgehead atoms. The Balaban J connectivity index is 0.00000180. The third-order valence-electron chi connectivity index (χ3n) is 3.61. The number of hydrogen-bond acceptors (Lipinski definition) is 2. The van der Waals surface area contributed by atoms with E-state index in [0.29, 0.717) is 25.0 Å². The first-order valence-electron chi connectivity index (χ1n) is 6.99. The molecule has 2 rings (SSSR count). The number of aliphatic imine (C=N–C) groups is 1. The largest absolute Gasteiger partial charge is 0.370 e. The second-order valence-electron chi connectivity index (χ2n) is 5.50. The minimum absolute atomic E-state index is 0. The second-order valence-corrected chi connectivity index (χ2v) is 5.50. The lowest BCUT2D eigenvalue weighted by molar-refractivity contribution is -0.122. The number of carbonyl (C=O) groups excluding carboxylic acids is 1. The molecule has 0 aromatic heterocycles. The van der Waals surface area contributed by atoms with Crippen LogP contribution in [0.3, 0.4) is 0 Å². The van der Waals surface area contributed by atoms with Crippen molar-refractivity contribution in [2.45, 2.75) is 32.6 Å². The number of rotatable bonds is 4. The lowest BCUT2D eigenvalue weighted by atomic mass is 10.0. The molecule has 2 aliphatic rings. The Morgan fingerprint density at radius 1 is 1.42 bits per heavy atom. The number of nitrogens with two attached hydrogens (primary N) is 1. The van der Waals surface area contributed by atoms with Crippen molar-refractivity contribution in [2.75, 3.05) is 26.2 Å². The predicted octanol–water partition coefficient (Wildman–Crippen LogP) is 1.18. The summed E-state index contributed by atoms with van der Waals surface area (Å²) in [6.45, 7) is 5.43. The third kappa shape index (κ3) is 5.54. The van der Waals surface area contributed by atoms with Gasteiger partial charge in [0.2, 0.25) is 5.91 Å². The molecule has 1 amide bonds. The van der Waals surface area contributed by atoms with Crippen molar-refractivity contribution < 1.29 is 4.79 Å². The van der Waals surface area contributed by atoms with E-state index in [0.717, 1.165) is 25.9 Å². The summed E-state index contributed by atoms with van der Waals surface area (Å²) in [5.74, 6) is 1.77. The molecule has 0 radical (unpaired) electrons. The Morgan fingerprint density at radius 2 is 2.16 bits per heavy atom. The highest BCUT2D eigenvalue weighted by atomic mass is 127. The first kappa shape index (κ1) is 16.5. The van der Waals surface area contributed by atoms with E-state index in [4.69, 9.17) is 5.73 Å². The average molecular weight is 380 g/mol. The zero-order valence-electron chi connectivity index (χ0n) is 11.6. The second kappa shape index (κ2) is 7.91. The van der Waals surface area contributed by atoms with Crippen LogP contribution in [0.4, 0.5) is 0 Å². The molecule has 1 saturated heterocycles. The van der Waals surface area contributed by atoms with Crippen LogP contribution in [0.2, 0.25) is 0 Å². The van der Waals surface area contributed by atoms with Crippen LogP contribution in [0.5, 0.6) is 0 Å². The van der Waals surface area contributed by atoms with Crippen molar-refractivity contribution in [1.82, 2.24) is 10.2 Å². The third-order valence-corrected chi connectivity index (χ3v) is 3.61. The molecule has 1 heterocycles. The molecule has 0 spiro atoms. The molecule has 110 valence electrons. The summed E-state index contributed by atoms with van der Waals surface area (Å²) in [6.07, 6.45) is 4.56. The number of carbonyl (C=O) groups is 1. The number of piperidine rings is 1. The van der Waals surface area contributed by atoms with Gasteiger partial charge < -0.3 is 16.0 Å². The number of hydrogen-bond donors (Lipinski definition) is 2. The average Bonchev–Trinajstić information content (AvgIpc) is 3.18. The summed E-state index contributed by atoms with van der Waals surface area (Å²) in [5.41, 5.74) is 5.96. The van der Waals surface area contributed by atoms with Crippen LogP contribution >= 0.6 is 24.0 Å². The van der Waals surface area contributed by atoms with Crippen LogP contribution < -0.4 is 11.1 Å². The fraction of sp³-hybridized carbons (Fsp3) is 0.846. The fourth-order valence-electron chi connectivity index (χ4n) is 2.34. The molecule has 1 aliphatic heterocycles. The number of likely N-dealkylation sites (tertiary alicyclic amines) is 1. The van der Waals surface area contributed by atoms with Crippen LogP contribution in [-0.4, -0.2) is 42.9 Å². The summed E-state index contributed by atoms with van der Waals surface area (Å²) < 4.78 is 0. The van der Waals surface area contributed by atoms with Crippen LogP contribution in [0.15, 0.2) is 4.99 Å². The van der Waals surface area contributed by atoms with E-state index >= 15 is 0 Å². The molecule has 1 aliphatic carbocycles. The maximum Gasteiger partial charge on any atom is 0.223 e. The number of halogens is 1. The van der Waals surface area contributed by atoms with Crippen LogP contribution in [0.1, 0.15) is 32.6 Å². The van der Waals surface area contributed by atoms with Crippen molar-refractivity contribution in [2.24, 2.45) is 22.6 Å².